The van der Waals surface area contributed by atoms with Crippen molar-refractivity contribution in [1.29, 1.82) is 0 Å². The average Bonchev–Trinajstić information content (AvgIpc) is 2.70. The lowest BCUT2D eigenvalue weighted by Crippen LogP contribution is -2.10. The number of benzene rings is 2. The number of para-hydroxylation sites is 1. The van der Waals surface area contributed by atoms with Gasteiger partial charge < -0.3 is 4.74 Å². The molecule has 0 aromatic heterocycles. The minimum absolute atomic E-state index is 0.0429. The molecule has 0 bridgehead atoms. The molecule has 3 rings (SSSR count). The minimum atomic E-state index is -3.55. The van der Waals surface area contributed by atoms with Gasteiger partial charge >= 0.3 is 0 Å². The summed E-state index contributed by atoms with van der Waals surface area (Å²) in [7, 11) is -3.55. The van der Waals surface area contributed by atoms with E-state index in [0.717, 1.165) is 0 Å². The highest BCUT2D eigenvalue weighted by molar-refractivity contribution is 7.96. The van der Waals surface area contributed by atoms with Crippen molar-refractivity contribution in [2.24, 2.45) is 0 Å². The van der Waals surface area contributed by atoms with Gasteiger partial charge in [0.1, 0.15) is 6.61 Å². The summed E-state index contributed by atoms with van der Waals surface area (Å²) in [6, 6.07) is 11.2. The summed E-state index contributed by atoms with van der Waals surface area (Å²) in [5, 5.41) is 0. The fraction of sp³-hybridized carbons (Fsp3) is 0.125. The van der Waals surface area contributed by atoms with E-state index in [1.807, 2.05) is 0 Å². The zero-order chi connectivity index (χ0) is 15.0. The smallest absolute Gasteiger partial charge is 0.207 e. The number of sulfone groups is 1. The van der Waals surface area contributed by atoms with Crippen molar-refractivity contribution in [3.05, 3.63) is 64.3 Å². The van der Waals surface area contributed by atoms with Crippen molar-refractivity contribution >= 4 is 15.9 Å². The first-order valence-corrected chi connectivity index (χ1v) is 7.91. The molecule has 1 aliphatic rings. The van der Waals surface area contributed by atoms with E-state index < -0.39 is 15.7 Å². The van der Waals surface area contributed by atoms with Crippen LogP contribution in [0.3, 0.4) is 0 Å². The second-order valence-corrected chi connectivity index (χ2v) is 6.77. The van der Waals surface area contributed by atoms with E-state index in [4.69, 9.17) is 4.74 Å². The summed E-state index contributed by atoms with van der Waals surface area (Å²) in [6.07, 6.45) is 1.58. The average molecular weight is 304 g/mol. The Morgan fingerprint density at radius 2 is 1.86 bits per heavy atom. The number of halogens is 1. The number of hydrogen-bond donors (Lipinski definition) is 0. The molecule has 0 unspecified atom stereocenters. The third-order valence-electron chi connectivity index (χ3n) is 3.38. The van der Waals surface area contributed by atoms with Gasteiger partial charge in [-0.25, -0.2) is 12.8 Å². The summed E-state index contributed by atoms with van der Waals surface area (Å²) in [6.45, 7) is 1.57. The van der Waals surface area contributed by atoms with E-state index in [0.29, 0.717) is 16.0 Å². The quantitative estimate of drug-likeness (QED) is 0.873. The van der Waals surface area contributed by atoms with Crippen molar-refractivity contribution in [1.82, 2.24) is 0 Å². The monoisotopic (exact) mass is 304 g/mol. The maximum absolute atomic E-state index is 13.5. The Balaban J connectivity index is 1.89. The standard InChI is InChI=1S/C16H13FO3S/c1-11-5-4-6-12-9-13(21(18,19)16(11)12)10-20-15-8-3-2-7-14(15)17/h2-9H,10H2,1H3. The van der Waals surface area contributed by atoms with Crippen molar-refractivity contribution < 1.29 is 17.5 Å². The Kier molecular flexibility index (Phi) is 3.29. The minimum Gasteiger partial charge on any atom is -0.485 e. The normalized spacial score (nSPS) is 15.4. The lowest BCUT2D eigenvalue weighted by molar-refractivity contribution is 0.338. The van der Waals surface area contributed by atoms with Crippen LogP contribution >= 0.6 is 0 Å². The summed E-state index contributed by atoms with van der Waals surface area (Å²) < 4.78 is 43.7. The topological polar surface area (TPSA) is 43.4 Å². The molecule has 0 N–H and O–H groups in total. The van der Waals surface area contributed by atoms with Gasteiger partial charge in [0.25, 0.3) is 0 Å². The van der Waals surface area contributed by atoms with E-state index in [2.05, 4.69) is 0 Å². The first-order valence-electron chi connectivity index (χ1n) is 6.43. The maximum atomic E-state index is 13.5. The largest absolute Gasteiger partial charge is 0.485 e. The fourth-order valence-corrected chi connectivity index (χ4v) is 4.06. The third kappa shape index (κ3) is 2.34. The lowest BCUT2D eigenvalue weighted by atomic mass is 10.1. The van der Waals surface area contributed by atoms with Gasteiger partial charge in [-0.2, -0.15) is 0 Å². The molecule has 108 valence electrons. The molecule has 0 saturated heterocycles. The van der Waals surface area contributed by atoms with Crippen molar-refractivity contribution in [3.63, 3.8) is 0 Å². The second kappa shape index (κ2) is 5.00. The second-order valence-electron chi connectivity index (χ2n) is 4.83. The van der Waals surface area contributed by atoms with E-state index in [-0.39, 0.29) is 17.3 Å². The summed E-state index contributed by atoms with van der Waals surface area (Å²) in [5.74, 6) is -0.469. The molecule has 3 nitrogen and oxygen atoms in total. The van der Waals surface area contributed by atoms with Gasteiger partial charge in [0.05, 0.1) is 9.80 Å². The van der Waals surface area contributed by atoms with Crippen molar-refractivity contribution in [3.8, 4) is 5.75 Å². The Bertz CT molecular complexity index is 838. The highest BCUT2D eigenvalue weighted by Gasteiger charge is 2.31. The fourth-order valence-electron chi connectivity index (χ4n) is 2.37. The van der Waals surface area contributed by atoms with Crippen molar-refractivity contribution in [2.45, 2.75) is 11.8 Å². The van der Waals surface area contributed by atoms with Crippen LogP contribution < -0.4 is 4.74 Å². The molecule has 0 spiro atoms. The van der Waals surface area contributed by atoms with Crippen LogP contribution in [0, 0.1) is 12.7 Å². The predicted molar refractivity (Wildman–Crippen MR) is 78.2 cm³/mol. The van der Waals surface area contributed by atoms with Crippen LogP contribution in [0.1, 0.15) is 11.1 Å². The zero-order valence-corrected chi connectivity index (χ0v) is 12.2. The molecular weight excluding hydrogens is 291 g/mol. The number of rotatable bonds is 3. The zero-order valence-electron chi connectivity index (χ0n) is 11.3. The van der Waals surface area contributed by atoms with Gasteiger partial charge in [0.2, 0.25) is 9.84 Å². The van der Waals surface area contributed by atoms with Gasteiger partial charge in [0.15, 0.2) is 11.6 Å². The summed E-state index contributed by atoms with van der Waals surface area (Å²) >= 11 is 0. The van der Waals surface area contributed by atoms with Crippen LogP contribution in [0.2, 0.25) is 0 Å². The molecule has 0 saturated carbocycles. The maximum Gasteiger partial charge on any atom is 0.207 e. The van der Waals surface area contributed by atoms with Crippen LogP contribution in [-0.2, 0) is 9.84 Å². The molecule has 0 amide bonds. The molecule has 0 aliphatic carbocycles. The summed E-state index contributed by atoms with van der Waals surface area (Å²) in [4.78, 5) is 0.465. The molecule has 0 radical (unpaired) electrons. The lowest BCUT2D eigenvalue weighted by Gasteiger charge is -2.09. The summed E-state index contributed by atoms with van der Waals surface area (Å²) in [5.41, 5.74) is 1.35. The molecule has 5 heteroatoms. The molecule has 2 aromatic rings. The Hall–Kier alpha value is -2.14. The Morgan fingerprint density at radius 3 is 2.57 bits per heavy atom. The third-order valence-corrected chi connectivity index (χ3v) is 5.40. The van der Waals surface area contributed by atoms with Crippen LogP contribution in [0.15, 0.2) is 52.3 Å². The number of hydrogen-bond acceptors (Lipinski definition) is 3. The van der Waals surface area contributed by atoms with Crippen molar-refractivity contribution in [2.75, 3.05) is 6.61 Å². The van der Waals surface area contributed by atoms with Gasteiger partial charge in [-0.15, -0.1) is 0 Å². The van der Waals surface area contributed by atoms with Gasteiger partial charge in [0, 0.05) is 0 Å². The molecule has 1 heterocycles. The molecule has 21 heavy (non-hydrogen) atoms. The number of fused-ring (bicyclic) bond motifs is 1. The van der Waals surface area contributed by atoms with E-state index >= 15 is 0 Å². The van der Waals surface area contributed by atoms with Crippen LogP contribution in [0.25, 0.3) is 6.08 Å². The van der Waals surface area contributed by atoms with Crippen LogP contribution in [0.5, 0.6) is 5.75 Å². The SMILES string of the molecule is Cc1cccc2c1S(=O)(=O)C(COc1ccccc1F)=C2. The van der Waals surface area contributed by atoms with Crippen LogP contribution in [-0.4, -0.2) is 15.0 Å². The van der Waals surface area contributed by atoms with E-state index in [1.54, 1.807) is 43.3 Å². The first-order chi connectivity index (χ1) is 10.00. The Morgan fingerprint density at radius 1 is 1.10 bits per heavy atom. The predicted octanol–water partition coefficient (Wildman–Crippen LogP) is 3.34. The van der Waals surface area contributed by atoms with Gasteiger partial charge in [-0.05, 0) is 36.3 Å². The van der Waals surface area contributed by atoms with Gasteiger partial charge in [-0.3, -0.25) is 0 Å². The van der Waals surface area contributed by atoms with E-state index in [1.165, 1.54) is 12.1 Å². The van der Waals surface area contributed by atoms with Crippen LogP contribution in [0.4, 0.5) is 4.39 Å². The molecule has 1 aliphatic heterocycles. The van der Waals surface area contributed by atoms with Gasteiger partial charge in [-0.1, -0.05) is 30.3 Å². The highest BCUT2D eigenvalue weighted by Crippen LogP contribution is 2.35. The molecule has 0 atom stereocenters. The molecule has 2 aromatic carbocycles. The first kappa shape index (κ1) is 13.8. The number of aryl methyl sites for hydroxylation is 1. The molecular formula is C16H13FO3S. The number of ether oxygens (including phenoxy) is 1. The Labute approximate surface area is 122 Å². The van der Waals surface area contributed by atoms with E-state index in [9.17, 15) is 12.8 Å². The highest BCUT2D eigenvalue weighted by atomic mass is 32.2. The molecule has 0 fully saturated rings.